The Morgan fingerprint density at radius 1 is 1.45 bits per heavy atom. The fourth-order valence-corrected chi connectivity index (χ4v) is 0.799. The summed E-state index contributed by atoms with van der Waals surface area (Å²) >= 11 is 5.35. The summed E-state index contributed by atoms with van der Waals surface area (Å²) < 4.78 is 4.96. The smallest absolute Gasteiger partial charge is 0.120 e. The molecule has 0 amide bonds. The van der Waals surface area contributed by atoms with Gasteiger partial charge in [0.1, 0.15) is 5.75 Å². The van der Waals surface area contributed by atoms with E-state index in [1.807, 2.05) is 24.3 Å². The van der Waals surface area contributed by atoms with Crippen molar-refractivity contribution in [3.63, 3.8) is 0 Å². The molecule has 62 valence electrons. The zero-order chi connectivity index (χ0) is 7.40. The van der Waals surface area contributed by atoms with Crippen molar-refractivity contribution < 1.29 is 4.74 Å². The molecule has 0 unspecified atom stereocenters. The highest BCUT2D eigenvalue weighted by atomic mass is 79.9. The summed E-state index contributed by atoms with van der Waals surface area (Å²) in [6.45, 7) is 0. The third-order valence-electron chi connectivity index (χ3n) is 1.18. The Balaban J connectivity index is 0.000001000. The lowest BCUT2D eigenvalue weighted by Gasteiger charge is -2.00. The van der Waals surface area contributed by atoms with E-state index in [0.29, 0.717) is 0 Å². The van der Waals surface area contributed by atoms with Crippen molar-refractivity contribution in [3.8, 4) is 5.75 Å². The van der Waals surface area contributed by atoms with E-state index in [1.165, 1.54) is 0 Å². The molecule has 0 aromatic heterocycles. The van der Waals surface area contributed by atoms with E-state index in [1.54, 1.807) is 7.11 Å². The molecule has 2 nitrogen and oxygen atoms in total. The largest absolute Gasteiger partial charge is 0.497 e. The van der Waals surface area contributed by atoms with Crippen molar-refractivity contribution in [1.29, 1.82) is 0 Å². The minimum Gasteiger partial charge on any atom is -0.497 e. The number of hydrogen-bond acceptors (Lipinski definition) is 2. The van der Waals surface area contributed by atoms with Gasteiger partial charge in [-0.05, 0) is 12.1 Å². The predicted molar refractivity (Wildman–Crippen MR) is 52.8 cm³/mol. The van der Waals surface area contributed by atoms with Crippen LogP contribution in [0.2, 0.25) is 0 Å². The Morgan fingerprint density at radius 3 is 2.73 bits per heavy atom. The maximum absolute atomic E-state index is 5.35. The van der Waals surface area contributed by atoms with Gasteiger partial charge >= 0.3 is 0 Å². The Kier molecular flexibility index (Phi) is 5.07. The molecule has 0 aliphatic carbocycles. The monoisotopic (exact) mass is 237 g/mol. The maximum Gasteiger partial charge on any atom is 0.120 e. The Hall–Kier alpha value is -0.410. The second-order valence-electron chi connectivity index (χ2n) is 1.83. The number of hydrogen-bond donors (Lipinski definition) is 1. The molecule has 1 aromatic carbocycles. The van der Waals surface area contributed by atoms with E-state index in [2.05, 4.69) is 4.84 Å². The van der Waals surface area contributed by atoms with Crippen molar-refractivity contribution in [2.45, 2.75) is 0 Å². The molecular formula is C7H9BrClNO. The van der Waals surface area contributed by atoms with E-state index in [9.17, 15) is 0 Å². The number of ether oxygens (including phenoxy) is 1. The summed E-state index contributed by atoms with van der Waals surface area (Å²) in [5.41, 5.74) is 0.834. The van der Waals surface area contributed by atoms with Gasteiger partial charge < -0.3 is 4.74 Å². The van der Waals surface area contributed by atoms with E-state index < -0.39 is 0 Å². The summed E-state index contributed by atoms with van der Waals surface area (Å²) in [7, 11) is 1.62. The summed E-state index contributed by atoms with van der Waals surface area (Å²) in [5, 5.41) is 0. The number of benzene rings is 1. The first-order chi connectivity index (χ1) is 4.86. The summed E-state index contributed by atoms with van der Waals surface area (Å²) in [4.78, 5) is 2.49. The van der Waals surface area contributed by atoms with Crippen LogP contribution in [-0.4, -0.2) is 7.11 Å². The molecule has 0 aliphatic rings. The Bertz CT molecular complexity index is 200. The normalized spacial score (nSPS) is 8.18. The molecule has 0 radical (unpaired) electrons. The molecule has 1 aromatic rings. The van der Waals surface area contributed by atoms with E-state index in [0.717, 1.165) is 11.4 Å². The highest BCUT2D eigenvalue weighted by Crippen LogP contribution is 2.16. The van der Waals surface area contributed by atoms with Crippen LogP contribution in [0.5, 0.6) is 5.75 Å². The lowest BCUT2D eigenvalue weighted by atomic mass is 10.3. The van der Waals surface area contributed by atoms with Crippen molar-refractivity contribution in [2.75, 3.05) is 11.9 Å². The zero-order valence-electron chi connectivity index (χ0n) is 6.00. The SMILES string of the molecule is Br.COc1cccc(NCl)c1. The van der Waals surface area contributed by atoms with Gasteiger partial charge in [-0.1, -0.05) is 6.07 Å². The number of rotatable bonds is 2. The van der Waals surface area contributed by atoms with Gasteiger partial charge in [0.2, 0.25) is 0 Å². The zero-order valence-corrected chi connectivity index (χ0v) is 8.47. The van der Waals surface area contributed by atoms with Gasteiger partial charge in [0.25, 0.3) is 0 Å². The van der Waals surface area contributed by atoms with Crippen LogP contribution in [-0.2, 0) is 0 Å². The topological polar surface area (TPSA) is 21.3 Å². The number of nitrogens with one attached hydrogen (secondary N) is 1. The van der Waals surface area contributed by atoms with Crippen molar-refractivity contribution in [2.24, 2.45) is 0 Å². The highest BCUT2D eigenvalue weighted by Gasteiger charge is 1.90. The lowest BCUT2D eigenvalue weighted by molar-refractivity contribution is 0.415. The first-order valence-electron chi connectivity index (χ1n) is 2.87. The quantitative estimate of drug-likeness (QED) is 0.800. The molecule has 4 heteroatoms. The van der Waals surface area contributed by atoms with E-state index in [4.69, 9.17) is 16.5 Å². The van der Waals surface area contributed by atoms with Crippen LogP contribution in [0.4, 0.5) is 5.69 Å². The van der Waals surface area contributed by atoms with Crippen LogP contribution in [0.25, 0.3) is 0 Å². The van der Waals surface area contributed by atoms with Crippen LogP contribution in [0, 0.1) is 0 Å². The molecule has 0 fully saturated rings. The molecule has 0 saturated heterocycles. The molecule has 0 atom stereocenters. The second kappa shape index (κ2) is 5.27. The number of methoxy groups -OCH3 is 1. The molecule has 0 bridgehead atoms. The average molecular weight is 239 g/mol. The second-order valence-corrected chi connectivity index (χ2v) is 2.02. The van der Waals surface area contributed by atoms with Gasteiger partial charge in [-0.15, -0.1) is 17.0 Å². The van der Waals surface area contributed by atoms with Gasteiger partial charge in [0.15, 0.2) is 0 Å². The summed E-state index contributed by atoms with van der Waals surface area (Å²) in [5.74, 6) is 0.797. The molecule has 11 heavy (non-hydrogen) atoms. The molecular weight excluding hydrogens is 229 g/mol. The molecule has 0 heterocycles. The van der Waals surface area contributed by atoms with E-state index >= 15 is 0 Å². The highest BCUT2D eigenvalue weighted by molar-refractivity contribution is 8.93. The van der Waals surface area contributed by atoms with Crippen LogP contribution < -0.4 is 9.57 Å². The summed E-state index contributed by atoms with van der Waals surface area (Å²) in [6, 6.07) is 7.39. The fraction of sp³-hybridized carbons (Fsp3) is 0.143. The first kappa shape index (κ1) is 10.6. The minimum absolute atomic E-state index is 0. The Morgan fingerprint density at radius 2 is 2.18 bits per heavy atom. The molecule has 0 saturated carbocycles. The molecule has 1 rings (SSSR count). The van der Waals surface area contributed by atoms with Gasteiger partial charge in [-0.25, -0.2) is 0 Å². The number of halogens is 2. The maximum atomic E-state index is 5.35. The van der Waals surface area contributed by atoms with Gasteiger partial charge in [-0.3, -0.25) is 4.84 Å². The average Bonchev–Trinajstić information content (AvgIpc) is 2.05. The molecule has 0 spiro atoms. The van der Waals surface area contributed by atoms with Crippen molar-refractivity contribution in [3.05, 3.63) is 24.3 Å². The van der Waals surface area contributed by atoms with Gasteiger partial charge in [0.05, 0.1) is 12.8 Å². The number of anilines is 1. The molecule has 0 aliphatic heterocycles. The predicted octanol–water partition coefficient (Wildman–Crippen LogP) is 2.84. The van der Waals surface area contributed by atoms with Crippen LogP contribution in [0.1, 0.15) is 0 Å². The lowest BCUT2D eigenvalue weighted by Crippen LogP contribution is -1.83. The van der Waals surface area contributed by atoms with Gasteiger partial charge in [0, 0.05) is 17.8 Å². The molecule has 1 N–H and O–H groups in total. The van der Waals surface area contributed by atoms with Crippen LogP contribution in [0.15, 0.2) is 24.3 Å². The standard InChI is InChI=1S/C7H8ClNO.BrH/c1-10-7-4-2-3-6(5-7)9-8;/h2-5,9H,1H3;1H. The summed E-state index contributed by atoms with van der Waals surface area (Å²) in [6.07, 6.45) is 0. The third-order valence-corrected chi connectivity index (χ3v) is 1.40. The van der Waals surface area contributed by atoms with Crippen LogP contribution >= 0.6 is 28.8 Å². The first-order valence-corrected chi connectivity index (χ1v) is 3.25. The third kappa shape index (κ3) is 2.99. The fourth-order valence-electron chi connectivity index (χ4n) is 0.682. The van der Waals surface area contributed by atoms with Gasteiger partial charge in [-0.2, -0.15) is 0 Å². The van der Waals surface area contributed by atoms with Crippen molar-refractivity contribution >= 4 is 34.4 Å². The minimum atomic E-state index is 0. The van der Waals surface area contributed by atoms with Crippen LogP contribution in [0.3, 0.4) is 0 Å². The van der Waals surface area contributed by atoms with E-state index in [-0.39, 0.29) is 17.0 Å². The Labute approximate surface area is 81.4 Å². The van der Waals surface area contributed by atoms with Crippen molar-refractivity contribution in [1.82, 2.24) is 0 Å².